The lowest BCUT2D eigenvalue weighted by Crippen LogP contribution is -2.45. The van der Waals surface area contributed by atoms with Crippen LogP contribution in [0.2, 0.25) is 0 Å². The molecule has 0 saturated heterocycles. The minimum absolute atomic E-state index is 0.157. The van der Waals surface area contributed by atoms with Crippen molar-refractivity contribution in [2.24, 2.45) is 10.4 Å². The Morgan fingerprint density at radius 1 is 1.07 bits per heavy atom. The van der Waals surface area contributed by atoms with Crippen molar-refractivity contribution in [3.63, 3.8) is 0 Å². The summed E-state index contributed by atoms with van der Waals surface area (Å²) < 4.78 is 6.82. The Hall–Kier alpha value is -5.09. The maximum absolute atomic E-state index is 13.6. The first-order chi connectivity index (χ1) is 21.5. The van der Waals surface area contributed by atoms with E-state index in [1.807, 2.05) is 61.7 Å². The van der Waals surface area contributed by atoms with Crippen LogP contribution in [-0.4, -0.2) is 32.9 Å². The van der Waals surface area contributed by atoms with Gasteiger partial charge < -0.3 is 25.0 Å². The Morgan fingerprint density at radius 2 is 1.82 bits per heavy atom. The largest absolute Gasteiger partial charge is 0.460 e. The fourth-order valence-corrected chi connectivity index (χ4v) is 6.77. The third-order valence-electron chi connectivity index (χ3n) is 8.77. The summed E-state index contributed by atoms with van der Waals surface area (Å²) in [6.45, 7) is 8.43. The highest BCUT2D eigenvalue weighted by Gasteiger charge is 2.34. The molecule has 0 saturated carbocycles. The number of aromatic nitrogens is 2. The molecule has 7 rings (SSSR count). The number of cyclic esters (lactones) is 1. The van der Waals surface area contributed by atoms with Gasteiger partial charge in [0.2, 0.25) is 0 Å². The van der Waals surface area contributed by atoms with Crippen LogP contribution in [-0.2, 0) is 22.7 Å². The van der Waals surface area contributed by atoms with Crippen LogP contribution in [0, 0.1) is 5.41 Å². The number of carbonyl (C=O) groups is 2. The number of esters is 1. The summed E-state index contributed by atoms with van der Waals surface area (Å²) in [4.78, 5) is 47.7. The van der Waals surface area contributed by atoms with Crippen LogP contribution < -0.4 is 16.2 Å². The van der Waals surface area contributed by atoms with Gasteiger partial charge in [0.1, 0.15) is 6.61 Å². The Bertz CT molecular complexity index is 2030. The molecule has 3 aliphatic heterocycles. The number of hydrogen-bond donors (Lipinski definition) is 3. The van der Waals surface area contributed by atoms with Gasteiger partial charge in [0.05, 0.1) is 53.3 Å². The van der Waals surface area contributed by atoms with Gasteiger partial charge in [-0.1, -0.05) is 51.1 Å². The zero-order valence-electron chi connectivity index (χ0n) is 25.5. The van der Waals surface area contributed by atoms with Crippen LogP contribution in [0.15, 0.2) is 75.7 Å². The SMILES string of the molecule is CC1=C(C(C)(C)C)C(c2ccc(N=Cc3c4c(nc5ccccc35)-c3cc5c(c(=O)n3C4)COC(=O)CC5O)cc2)NC(=O)N1. The molecule has 2 atom stereocenters. The fourth-order valence-electron chi connectivity index (χ4n) is 6.77. The van der Waals surface area contributed by atoms with Gasteiger partial charge in [-0.15, -0.1) is 0 Å². The molecule has 0 bridgehead atoms. The predicted molar refractivity (Wildman–Crippen MR) is 170 cm³/mol. The molecular formula is C35H33N5O5. The second kappa shape index (κ2) is 10.5. The Labute approximate surface area is 259 Å². The number of hydrogen-bond acceptors (Lipinski definition) is 7. The Kier molecular flexibility index (Phi) is 6.70. The van der Waals surface area contributed by atoms with Gasteiger partial charge in [0.25, 0.3) is 5.56 Å². The van der Waals surface area contributed by atoms with E-state index in [4.69, 9.17) is 14.7 Å². The van der Waals surface area contributed by atoms with Gasteiger partial charge in [-0.25, -0.2) is 9.78 Å². The lowest BCUT2D eigenvalue weighted by atomic mass is 9.78. The summed E-state index contributed by atoms with van der Waals surface area (Å²) in [5, 5.41) is 17.6. The number of urea groups is 1. The van der Waals surface area contributed by atoms with Crippen molar-refractivity contribution >= 4 is 34.8 Å². The summed E-state index contributed by atoms with van der Waals surface area (Å²) >= 11 is 0. The molecule has 10 heteroatoms. The number of allylic oxidation sites excluding steroid dienone is 1. The second-order valence-corrected chi connectivity index (χ2v) is 12.8. The van der Waals surface area contributed by atoms with Crippen molar-refractivity contribution in [1.82, 2.24) is 20.2 Å². The van der Waals surface area contributed by atoms with Crippen LogP contribution in [0.3, 0.4) is 0 Å². The number of aliphatic imine (C=N–C) groups is 1. The average Bonchev–Trinajstić information content (AvgIpc) is 3.28. The van der Waals surface area contributed by atoms with E-state index in [-0.39, 0.29) is 48.2 Å². The van der Waals surface area contributed by atoms with E-state index in [9.17, 15) is 19.5 Å². The molecule has 4 aromatic rings. The van der Waals surface area contributed by atoms with E-state index in [2.05, 4.69) is 31.4 Å². The number of rotatable bonds is 3. The number of aliphatic hydroxyl groups is 1. The number of ether oxygens (including phenoxy) is 1. The molecule has 0 aliphatic carbocycles. The number of amides is 2. The molecule has 2 aromatic heterocycles. The summed E-state index contributed by atoms with van der Waals surface area (Å²) in [5.74, 6) is -0.541. The number of fused-ring (bicyclic) bond motifs is 5. The predicted octanol–water partition coefficient (Wildman–Crippen LogP) is 5.33. The Morgan fingerprint density at radius 3 is 2.58 bits per heavy atom. The second-order valence-electron chi connectivity index (χ2n) is 12.8. The first-order valence-corrected chi connectivity index (χ1v) is 14.9. The summed E-state index contributed by atoms with van der Waals surface area (Å²) in [5.41, 5.74) is 7.60. The number of para-hydroxylation sites is 1. The van der Waals surface area contributed by atoms with Crippen LogP contribution in [0.5, 0.6) is 0 Å². The highest BCUT2D eigenvalue weighted by Crippen LogP contribution is 2.40. The van der Waals surface area contributed by atoms with Gasteiger partial charge in [-0.3, -0.25) is 14.6 Å². The fraction of sp³-hybridized carbons (Fsp3) is 0.286. The van der Waals surface area contributed by atoms with Crippen LogP contribution in [0.4, 0.5) is 10.5 Å². The maximum Gasteiger partial charge on any atom is 0.319 e. The molecule has 3 N–H and O–H groups in total. The van der Waals surface area contributed by atoms with E-state index in [1.165, 1.54) is 0 Å². The van der Waals surface area contributed by atoms with Crippen molar-refractivity contribution in [3.05, 3.63) is 104 Å². The third-order valence-corrected chi connectivity index (χ3v) is 8.77. The van der Waals surface area contributed by atoms with Crippen LogP contribution in [0.1, 0.15) is 74.1 Å². The van der Waals surface area contributed by atoms with Crippen LogP contribution in [0.25, 0.3) is 22.3 Å². The molecule has 2 unspecified atom stereocenters. The van der Waals surface area contributed by atoms with Crippen molar-refractivity contribution in [3.8, 4) is 11.4 Å². The molecule has 2 amide bonds. The van der Waals surface area contributed by atoms with E-state index in [0.717, 1.165) is 44.6 Å². The topological polar surface area (TPSA) is 135 Å². The van der Waals surface area contributed by atoms with Crippen molar-refractivity contribution in [2.75, 3.05) is 0 Å². The quantitative estimate of drug-likeness (QED) is 0.189. The lowest BCUT2D eigenvalue weighted by molar-refractivity contribution is -0.146. The normalized spacial score (nSPS) is 19.5. The molecular weight excluding hydrogens is 570 g/mol. The number of carbonyl (C=O) groups excluding carboxylic acids is 2. The third kappa shape index (κ3) is 4.91. The van der Waals surface area contributed by atoms with Crippen molar-refractivity contribution in [2.45, 2.75) is 59.4 Å². The molecule has 2 aromatic carbocycles. The molecule has 228 valence electrons. The van der Waals surface area contributed by atoms with Gasteiger partial charge in [0.15, 0.2) is 0 Å². The highest BCUT2D eigenvalue weighted by atomic mass is 16.5. The van der Waals surface area contributed by atoms with Crippen molar-refractivity contribution < 1.29 is 19.4 Å². The van der Waals surface area contributed by atoms with E-state index >= 15 is 0 Å². The lowest BCUT2D eigenvalue weighted by Gasteiger charge is -2.36. The van der Waals surface area contributed by atoms with Gasteiger partial charge in [-0.2, -0.15) is 0 Å². The monoisotopic (exact) mass is 603 g/mol. The summed E-state index contributed by atoms with van der Waals surface area (Å²) in [7, 11) is 0. The molecule has 10 nitrogen and oxygen atoms in total. The first kappa shape index (κ1) is 28.7. The van der Waals surface area contributed by atoms with Gasteiger partial charge >= 0.3 is 12.0 Å². The molecule has 0 spiro atoms. The van der Waals surface area contributed by atoms with E-state index < -0.39 is 12.1 Å². The van der Waals surface area contributed by atoms with E-state index in [1.54, 1.807) is 10.6 Å². The highest BCUT2D eigenvalue weighted by molar-refractivity contribution is 6.03. The summed E-state index contributed by atoms with van der Waals surface area (Å²) in [6.07, 6.45) is 0.481. The molecule has 0 fully saturated rings. The zero-order valence-corrected chi connectivity index (χ0v) is 25.5. The standard InChI is InChI=1S/C35H33N5O5/c1-18-30(35(2,3)4)31(39-34(44)37-18)19-9-11-20(12-10-19)36-15-23-21-7-5-6-8-26(21)38-32-24(23)16-40-27(32)13-22-25(33(40)43)17-45-29(42)14-28(22)41/h5-13,15,28,31,41H,14,16-17H2,1-4H3,(H2,37,39,44). The number of pyridine rings is 2. The number of benzene rings is 2. The maximum atomic E-state index is 13.6. The first-order valence-electron chi connectivity index (χ1n) is 14.9. The van der Waals surface area contributed by atoms with Crippen LogP contribution >= 0.6 is 0 Å². The molecule has 3 aliphatic rings. The minimum Gasteiger partial charge on any atom is -0.460 e. The molecule has 45 heavy (non-hydrogen) atoms. The smallest absolute Gasteiger partial charge is 0.319 e. The Balaban J connectivity index is 1.28. The average molecular weight is 604 g/mol. The number of aliphatic hydroxyl groups excluding tert-OH is 1. The number of nitrogens with zero attached hydrogens (tertiary/aromatic N) is 3. The minimum atomic E-state index is -1.13. The van der Waals surface area contributed by atoms with Crippen molar-refractivity contribution in [1.29, 1.82) is 0 Å². The molecule has 0 radical (unpaired) electrons. The van der Waals surface area contributed by atoms with E-state index in [0.29, 0.717) is 17.0 Å². The number of nitrogens with one attached hydrogen (secondary N) is 2. The zero-order chi connectivity index (χ0) is 31.6. The van der Waals surface area contributed by atoms with Gasteiger partial charge in [-0.05, 0) is 53.3 Å². The molecule has 5 heterocycles. The van der Waals surface area contributed by atoms with Gasteiger partial charge in [0, 0.05) is 28.4 Å². The summed E-state index contributed by atoms with van der Waals surface area (Å²) in [6, 6.07) is 16.9.